The second kappa shape index (κ2) is 7.47. The topological polar surface area (TPSA) is 53.4 Å². The van der Waals surface area contributed by atoms with Gasteiger partial charge in [0, 0.05) is 34.1 Å². The Kier molecular flexibility index (Phi) is 5.02. The maximum Gasteiger partial charge on any atom is 0.353 e. The van der Waals surface area contributed by atoms with Crippen LogP contribution in [0.4, 0.5) is 0 Å². The number of ether oxygens (including phenoxy) is 2. The molecule has 0 N–H and O–H groups in total. The molecular formula is C20H14Cl2N2O3S. The lowest BCUT2D eigenvalue weighted by atomic mass is 10.1. The first-order chi connectivity index (χ1) is 13.5. The number of fused-ring (bicyclic) bond motifs is 1. The van der Waals surface area contributed by atoms with E-state index in [4.69, 9.17) is 32.7 Å². The average Bonchev–Trinajstić information content (AvgIpc) is 3.25. The van der Waals surface area contributed by atoms with E-state index in [1.54, 1.807) is 28.9 Å². The number of rotatable bonds is 4. The van der Waals surface area contributed by atoms with Crippen molar-refractivity contribution in [2.45, 2.75) is 0 Å². The van der Waals surface area contributed by atoms with Crippen LogP contribution in [0.2, 0.25) is 10.0 Å². The number of hydrogen-bond donors (Lipinski definition) is 0. The molecule has 0 aliphatic rings. The Hall–Kier alpha value is -2.54. The second-order valence-electron chi connectivity index (χ2n) is 5.99. The van der Waals surface area contributed by atoms with Gasteiger partial charge in [-0.2, -0.15) is 5.10 Å². The molecule has 0 aliphatic heterocycles. The SMILES string of the molecule is COc1cc(Cl)ccc1OC(=O)c1cc2c(-c3ccc(Cl)cc3)nn(C)c2s1. The molecule has 0 saturated heterocycles. The van der Waals surface area contributed by atoms with E-state index in [9.17, 15) is 4.79 Å². The Morgan fingerprint density at radius 1 is 1.04 bits per heavy atom. The second-order valence-corrected chi connectivity index (χ2v) is 7.90. The van der Waals surface area contributed by atoms with Gasteiger partial charge < -0.3 is 9.47 Å². The molecule has 5 nitrogen and oxygen atoms in total. The van der Waals surface area contributed by atoms with Gasteiger partial charge in [0.1, 0.15) is 15.4 Å². The Labute approximate surface area is 175 Å². The van der Waals surface area contributed by atoms with Crippen molar-refractivity contribution in [3.05, 3.63) is 63.5 Å². The molecular weight excluding hydrogens is 419 g/mol. The van der Waals surface area contributed by atoms with E-state index in [1.165, 1.54) is 18.4 Å². The first kappa shape index (κ1) is 18.8. The summed E-state index contributed by atoms with van der Waals surface area (Å²) in [6, 6.07) is 14.1. The number of carbonyl (C=O) groups is 1. The summed E-state index contributed by atoms with van der Waals surface area (Å²) in [6.45, 7) is 0. The van der Waals surface area contributed by atoms with Crippen molar-refractivity contribution >= 4 is 50.7 Å². The zero-order valence-corrected chi connectivity index (χ0v) is 17.2. The molecule has 0 spiro atoms. The minimum Gasteiger partial charge on any atom is -0.493 e. The van der Waals surface area contributed by atoms with Crippen LogP contribution in [0.15, 0.2) is 48.5 Å². The molecule has 0 amide bonds. The Morgan fingerprint density at radius 3 is 2.46 bits per heavy atom. The van der Waals surface area contributed by atoms with Crippen LogP contribution in [0.5, 0.6) is 11.5 Å². The maximum absolute atomic E-state index is 12.7. The van der Waals surface area contributed by atoms with Crippen LogP contribution in [0, 0.1) is 0 Å². The minimum atomic E-state index is -0.469. The van der Waals surface area contributed by atoms with Crippen molar-refractivity contribution in [3.63, 3.8) is 0 Å². The highest BCUT2D eigenvalue weighted by Crippen LogP contribution is 2.36. The van der Waals surface area contributed by atoms with Crippen molar-refractivity contribution in [3.8, 4) is 22.8 Å². The molecule has 0 radical (unpaired) electrons. The molecule has 4 rings (SSSR count). The van der Waals surface area contributed by atoms with Crippen LogP contribution >= 0.6 is 34.5 Å². The van der Waals surface area contributed by atoms with Gasteiger partial charge in [-0.25, -0.2) is 4.79 Å². The van der Waals surface area contributed by atoms with E-state index >= 15 is 0 Å². The third kappa shape index (κ3) is 3.46. The highest BCUT2D eigenvalue weighted by Gasteiger charge is 2.20. The quantitative estimate of drug-likeness (QED) is 0.300. The van der Waals surface area contributed by atoms with Crippen LogP contribution in [0.3, 0.4) is 0 Å². The van der Waals surface area contributed by atoms with Gasteiger partial charge in [0.25, 0.3) is 0 Å². The highest BCUT2D eigenvalue weighted by atomic mass is 35.5. The molecule has 28 heavy (non-hydrogen) atoms. The molecule has 0 aliphatic carbocycles. The monoisotopic (exact) mass is 432 g/mol. The smallest absolute Gasteiger partial charge is 0.353 e. The average molecular weight is 433 g/mol. The van der Waals surface area contributed by atoms with Crippen LogP contribution in [0.1, 0.15) is 9.67 Å². The molecule has 0 bridgehead atoms. The predicted octanol–water partition coefficient (Wildman–Crippen LogP) is 5.84. The number of methoxy groups -OCH3 is 1. The lowest BCUT2D eigenvalue weighted by molar-refractivity contribution is 0.0735. The van der Waals surface area contributed by atoms with Crippen molar-refractivity contribution in [2.75, 3.05) is 7.11 Å². The summed E-state index contributed by atoms with van der Waals surface area (Å²) in [5, 5.41) is 6.60. The molecule has 142 valence electrons. The van der Waals surface area contributed by atoms with Crippen molar-refractivity contribution in [1.29, 1.82) is 0 Å². The minimum absolute atomic E-state index is 0.311. The van der Waals surface area contributed by atoms with Gasteiger partial charge in [0.05, 0.1) is 7.11 Å². The summed E-state index contributed by atoms with van der Waals surface area (Å²) in [7, 11) is 3.34. The highest BCUT2D eigenvalue weighted by molar-refractivity contribution is 7.20. The molecule has 2 aromatic heterocycles. The lowest BCUT2D eigenvalue weighted by Gasteiger charge is -2.08. The van der Waals surface area contributed by atoms with Crippen LogP contribution in [-0.4, -0.2) is 22.9 Å². The number of benzene rings is 2. The maximum atomic E-state index is 12.7. The van der Waals surface area contributed by atoms with Gasteiger partial charge in [-0.15, -0.1) is 11.3 Å². The third-order valence-corrected chi connectivity index (χ3v) is 5.83. The number of hydrogen-bond acceptors (Lipinski definition) is 5. The number of nitrogens with zero attached hydrogens (tertiary/aromatic N) is 2. The third-order valence-electron chi connectivity index (χ3n) is 4.16. The number of halogens is 2. The van der Waals surface area contributed by atoms with Gasteiger partial charge in [-0.3, -0.25) is 4.68 Å². The van der Waals surface area contributed by atoms with E-state index in [-0.39, 0.29) is 0 Å². The molecule has 2 heterocycles. The van der Waals surface area contributed by atoms with Crippen molar-refractivity contribution in [1.82, 2.24) is 9.78 Å². The normalized spacial score (nSPS) is 11.0. The number of aromatic nitrogens is 2. The molecule has 8 heteroatoms. The molecule has 2 aromatic carbocycles. The van der Waals surface area contributed by atoms with E-state index in [0.717, 1.165) is 21.5 Å². The van der Waals surface area contributed by atoms with Crippen molar-refractivity contribution < 1.29 is 14.3 Å². The largest absolute Gasteiger partial charge is 0.493 e. The summed E-state index contributed by atoms with van der Waals surface area (Å²) >= 11 is 13.3. The van der Waals surface area contributed by atoms with Gasteiger partial charge in [-0.05, 0) is 30.3 Å². The summed E-state index contributed by atoms with van der Waals surface area (Å²) in [4.78, 5) is 14.0. The summed E-state index contributed by atoms with van der Waals surface area (Å²) in [5.41, 5.74) is 1.71. The Balaban J connectivity index is 1.69. The standard InChI is InChI=1S/C20H14Cl2N2O3S/c1-24-19-14(18(23-24)11-3-5-12(21)6-4-11)10-17(28-19)20(25)27-15-8-7-13(22)9-16(15)26-2/h3-10H,1-2H3. The first-order valence-electron chi connectivity index (χ1n) is 8.24. The Bertz CT molecular complexity index is 1180. The van der Waals surface area contributed by atoms with Crippen molar-refractivity contribution in [2.24, 2.45) is 7.05 Å². The zero-order valence-electron chi connectivity index (χ0n) is 14.9. The van der Waals surface area contributed by atoms with Gasteiger partial charge >= 0.3 is 5.97 Å². The number of thiophene rings is 1. The predicted molar refractivity (Wildman–Crippen MR) is 112 cm³/mol. The van der Waals surface area contributed by atoms with Crippen LogP contribution in [-0.2, 0) is 7.05 Å². The van der Waals surface area contributed by atoms with Gasteiger partial charge in [0.15, 0.2) is 11.5 Å². The molecule has 0 saturated carbocycles. The van der Waals surface area contributed by atoms with E-state index in [0.29, 0.717) is 26.4 Å². The lowest BCUT2D eigenvalue weighted by Crippen LogP contribution is -2.07. The van der Waals surface area contributed by atoms with Gasteiger partial charge in [-0.1, -0.05) is 35.3 Å². The zero-order chi connectivity index (χ0) is 19.8. The van der Waals surface area contributed by atoms with E-state index < -0.39 is 5.97 Å². The summed E-state index contributed by atoms with van der Waals surface area (Å²) < 4.78 is 12.5. The number of aryl methyl sites for hydroxylation is 1. The van der Waals surface area contributed by atoms with E-state index in [2.05, 4.69) is 5.10 Å². The Morgan fingerprint density at radius 2 is 1.75 bits per heavy atom. The first-order valence-corrected chi connectivity index (χ1v) is 9.81. The molecule has 0 atom stereocenters. The molecule has 0 fully saturated rings. The molecule has 4 aromatic rings. The van der Waals surface area contributed by atoms with Gasteiger partial charge in [0.2, 0.25) is 0 Å². The summed E-state index contributed by atoms with van der Waals surface area (Å²) in [5.74, 6) is 0.236. The van der Waals surface area contributed by atoms with Crippen LogP contribution in [0.25, 0.3) is 21.5 Å². The number of carbonyl (C=O) groups excluding carboxylic acids is 1. The van der Waals surface area contributed by atoms with E-state index in [1.807, 2.05) is 31.3 Å². The summed E-state index contributed by atoms with van der Waals surface area (Å²) in [6.07, 6.45) is 0. The van der Waals surface area contributed by atoms with Crippen LogP contribution < -0.4 is 9.47 Å². The number of esters is 1. The fourth-order valence-corrected chi connectivity index (χ4v) is 4.07. The molecule has 0 unspecified atom stereocenters. The fraction of sp³-hybridized carbons (Fsp3) is 0.100. The fourth-order valence-electron chi connectivity index (χ4n) is 2.84.